The van der Waals surface area contributed by atoms with Crippen molar-refractivity contribution < 1.29 is 0 Å². The molecule has 2 atom stereocenters. The maximum absolute atomic E-state index is 4.80. The molecule has 3 rings (SSSR count). The average Bonchev–Trinajstić information content (AvgIpc) is 2.81. The molecule has 96 valence electrons. The van der Waals surface area contributed by atoms with E-state index in [1.54, 1.807) is 0 Å². The number of hydrogen-bond donors (Lipinski definition) is 1. The molecule has 1 aliphatic heterocycles. The zero-order valence-corrected chi connectivity index (χ0v) is 11.9. The van der Waals surface area contributed by atoms with E-state index in [1.165, 1.54) is 34.5 Å². The zero-order chi connectivity index (χ0) is 12.5. The fourth-order valence-electron chi connectivity index (χ4n) is 2.75. The van der Waals surface area contributed by atoms with Gasteiger partial charge in [0, 0.05) is 0 Å². The van der Waals surface area contributed by atoms with Crippen molar-refractivity contribution in [3.8, 4) is 0 Å². The fourth-order valence-corrected chi connectivity index (χ4v) is 3.91. The summed E-state index contributed by atoms with van der Waals surface area (Å²) in [5.41, 5.74) is 2.47. The average molecular weight is 260 g/mol. The van der Waals surface area contributed by atoms with Crippen LogP contribution in [0.15, 0.2) is 18.2 Å². The number of nitrogens with zero attached hydrogens (tertiary/aromatic N) is 1. The minimum absolute atomic E-state index is 0.474. The van der Waals surface area contributed by atoms with Crippen LogP contribution in [0.2, 0.25) is 0 Å². The quantitative estimate of drug-likeness (QED) is 0.881. The van der Waals surface area contributed by atoms with Crippen molar-refractivity contribution in [1.29, 1.82) is 0 Å². The molecule has 2 heterocycles. The lowest BCUT2D eigenvalue weighted by Crippen LogP contribution is -2.31. The van der Waals surface area contributed by atoms with Gasteiger partial charge in [-0.1, -0.05) is 19.4 Å². The number of aryl methyl sites for hydroxylation is 1. The molecule has 0 spiro atoms. The van der Waals surface area contributed by atoms with Gasteiger partial charge in [-0.15, -0.1) is 11.3 Å². The van der Waals surface area contributed by atoms with Crippen molar-refractivity contribution >= 4 is 21.6 Å². The van der Waals surface area contributed by atoms with E-state index in [-0.39, 0.29) is 0 Å². The number of piperidine rings is 1. The third kappa shape index (κ3) is 2.29. The monoisotopic (exact) mass is 260 g/mol. The molecule has 18 heavy (non-hydrogen) atoms. The smallest absolute Gasteiger partial charge is 0.111 e. The number of rotatable bonds is 2. The largest absolute Gasteiger partial charge is 0.308 e. The van der Waals surface area contributed by atoms with Gasteiger partial charge in [-0.25, -0.2) is 4.98 Å². The molecule has 0 amide bonds. The van der Waals surface area contributed by atoms with Gasteiger partial charge in [0.25, 0.3) is 0 Å². The van der Waals surface area contributed by atoms with Gasteiger partial charge in [0.05, 0.1) is 16.3 Å². The van der Waals surface area contributed by atoms with Crippen LogP contribution >= 0.6 is 11.3 Å². The highest BCUT2D eigenvalue weighted by Gasteiger charge is 2.24. The summed E-state index contributed by atoms with van der Waals surface area (Å²) < 4.78 is 1.32. The third-order valence-corrected chi connectivity index (χ3v) is 5.08. The normalized spacial score (nSPS) is 24.6. The highest BCUT2D eigenvalue weighted by molar-refractivity contribution is 7.18. The van der Waals surface area contributed by atoms with E-state index in [2.05, 4.69) is 37.4 Å². The van der Waals surface area contributed by atoms with Crippen LogP contribution in [0.1, 0.15) is 42.8 Å². The Kier molecular flexibility index (Phi) is 3.35. The predicted molar refractivity (Wildman–Crippen MR) is 78.1 cm³/mol. The summed E-state index contributed by atoms with van der Waals surface area (Å²) in [6.45, 7) is 5.58. The summed E-state index contributed by atoms with van der Waals surface area (Å²) in [6.07, 6.45) is 3.86. The van der Waals surface area contributed by atoms with Crippen LogP contribution in [-0.2, 0) is 0 Å². The second kappa shape index (κ2) is 4.98. The molecule has 0 saturated carbocycles. The van der Waals surface area contributed by atoms with E-state index in [0.29, 0.717) is 6.04 Å². The molecular formula is C15H20N2S. The van der Waals surface area contributed by atoms with Gasteiger partial charge in [0.2, 0.25) is 0 Å². The van der Waals surface area contributed by atoms with Gasteiger partial charge in [0.15, 0.2) is 0 Å². The topological polar surface area (TPSA) is 24.9 Å². The number of thiazole rings is 1. The Morgan fingerprint density at radius 2 is 2.33 bits per heavy atom. The number of fused-ring (bicyclic) bond motifs is 1. The lowest BCUT2D eigenvalue weighted by atomic mass is 9.91. The molecule has 3 heteroatoms. The van der Waals surface area contributed by atoms with Gasteiger partial charge in [-0.2, -0.15) is 0 Å². The fraction of sp³-hybridized carbons (Fsp3) is 0.533. The molecule has 1 fully saturated rings. The van der Waals surface area contributed by atoms with Crippen LogP contribution in [0, 0.1) is 12.8 Å². The number of nitrogens with one attached hydrogen (secondary N) is 1. The Hall–Kier alpha value is -0.930. The summed E-state index contributed by atoms with van der Waals surface area (Å²) in [4.78, 5) is 4.80. The van der Waals surface area contributed by atoms with E-state index in [0.717, 1.165) is 18.0 Å². The van der Waals surface area contributed by atoms with Gasteiger partial charge in [0.1, 0.15) is 5.01 Å². The van der Waals surface area contributed by atoms with E-state index in [9.17, 15) is 0 Å². The molecule has 1 aliphatic rings. The van der Waals surface area contributed by atoms with Crippen LogP contribution in [0.3, 0.4) is 0 Å². The molecule has 1 saturated heterocycles. The van der Waals surface area contributed by atoms with E-state index >= 15 is 0 Å². The van der Waals surface area contributed by atoms with Crippen molar-refractivity contribution in [2.24, 2.45) is 5.92 Å². The van der Waals surface area contributed by atoms with Crippen LogP contribution in [-0.4, -0.2) is 11.5 Å². The Balaban J connectivity index is 1.89. The summed E-state index contributed by atoms with van der Waals surface area (Å²) in [5.74, 6) is 0.866. The van der Waals surface area contributed by atoms with Crippen LogP contribution in [0.5, 0.6) is 0 Å². The maximum Gasteiger partial charge on any atom is 0.111 e. The van der Waals surface area contributed by atoms with Gasteiger partial charge < -0.3 is 5.32 Å². The first kappa shape index (κ1) is 12.1. The number of benzene rings is 1. The third-order valence-electron chi connectivity index (χ3n) is 3.95. The summed E-state index contributed by atoms with van der Waals surface area (Å²) in [7, 11) is 0. The minimum atomic E-state index is 0.474. The minimum Gasteiger partial charge on any atom is -0.308 e. The molecule has 0 aliphatic carbocycles. The molecule has 1 aromatic carbocycles. The first-order valence-corrected chi connectivity index (χ1v) is 7.68. The molecule has 1 aromatic heterocycles. The van der Waals surface area contributed by atoms with Crippen LogP contribution < -0.4 is 5.32 Å². The Morgan fingerprint density at radius 1 is 1.44 bits per heavy atom. The van der Waals surface area contributed by atoms with Crippen molar-refractivity contribution in [2.75, 3.05) is 6.54 Å². The standard InChI is InChI=1S/C15H20N2S/c1-3-11-6-7-16-13(9-11)15-17-12-5-4-10(2)8-14(12)18-15/h4-5,8,11,13,16H,3,6-7,9H2,1-2H3. The van der Waals surface area contributed by atoms with E-state index in [4.69, 9.17) is 4.98 Å². The summed E-state index contributed by atoms with van der Waals surface area (Å²) in [5, 5.41) is 4.90. The van der Waals surface area contributed by atoms with Gasteiger partial charge >= 0.3 is 0 Å². The Bertz CT molecular complexity index is 546. The van der Waals surface area contributed by atoms with Gasteiger partial charge in [-0.05, 0) is 49.9 Å². The SMILES string of the molecule is CCC1CCNC(c2nc3ccc(C)cc3s2)C1. The van der Waals surface area contributed by atoms with Crippen LogP contribution in [0.4, 0.5) is 0 Å². The van der Waals surface area contributed by atoms with Crippen molar-refractivity contribution in [2.45, 2.75) is 39.2 Å². The second-order valence-electron chi connectivity index (χ2n) is 5.33. The zero-order valence-electron chi connectivity index (χ0n) is 11.1. The highest BCUT2D eigenvalue weighted by atomic mass is 32.1. The molecule has 0 radical (unpaired) electrons. The maximum atomic E-state index is 4.80. The molecule has 2 aromatic rings. The van der Waals surface area contributed by atoms with Gasteiger partial charge in [-0.3, -0.25) is 0 Å². The molecule has 2 unspecified atom stereocenters. The lowest BCUT2D eigenvalue weighted by Gasteiger charge is -2.28. The van der Waals surface area contributed by atoms with Crippen LogP contribution in [0.25, 0.3) is 10.2 Å². The first-order valence-electron chi connectivity index (χ1n) is 6.86. The Labute approximate surface area is 112 Å². The van der Waals surface area contributed by atoms with E-state index < -0.39 is 0 Å². The summed E-state index contributed by atoms with van der Waals surface area (Å²) in [6, 6.07) is 7.01. The molecule has 0 bridgehead atoms. The van der Waals surface area contributed by atoms with Crippen molar-refractivity contribution in [1.82, 2.24) is 10.3 Å². The second-order valence-corrected chi connectivity index (χ2v) is 6.39. The number of hydrogen-bond acceptors (Lipinski definition) is 3. The Morgan fingerprint density at radius 3 is 3.17 bits per heavy atom. The molecular weight excluding hydrogens is 240 g/mol. The van der Waals surface area contributed by atoms with E-state index in [1.807, 2.05) is 11.3 Å². The predicted octanol–water partition coefficient (Wildman–Crippen LogP) is 4.06. The highest BCUT2D eigenvalue weighted by Crippen LogP contribution is 2.33. The molecule has 1 N–H and O–H groups in total. The number of aromatic nitrogens is 1. The van der Waals surface area contributed by atoms with Crippen molar-refractivity contribution in [3.05, 3.63) is 28.8 Å². The summed E-state index contributed by atoms with van der Waals surface area (Å²) >= 11 is 1.86. The lowest BCUT2D eigenvalue weighted by molar-refractivity contribution is 0.299. The van der Waals surface area contributed by atoms with Crippen molar-refractivity contribution in [3.63, 3.8) is 0 Å². The first-order chi connectivity index (χ1) is 8.76. The molecule has 2 nitrogen and oxygen atoms in total.